The number of thioether (sulfide) groups is 1. The number of nitrogens with one attached hydrogen (secondary N) is 1. The molecule has 1 heterocycles. The summed E-state index contributed by atoms with van der Waals surface area (Å²) in [7, 11) is 0. The van der Waals surface area contributed by atoms with Crippen molar-refractivity contribution in [2.45, 2.75) is 32.9 Å². The zero-order valence-electron chi connectivity index (χ0n) is 13.1. The van der Waals surface area contributed by atoms with Gasteiger partial charge >= 0.3 is 0 Å². The lowest BCUT2D eigenvalue weighted by molar-refractivity contribution is 0.241. The highest BCUT2D eigenvalue weighted by atomic mass is 127. The predicted octanol–water partition coefficient (Wildman–Crippen LogP) is 2.27. The predicted molar refractivity (Wildman–Crippen MR) is 100 cm³/mol. The second-order valence-electron chi connectivity index (χ2n) is 5.58. The van der Waals surface area contributed by atoms with Crippen LogP contribution in [0, 0.1) is 11.8 Å². The van der Waals surface area contributed by atoms with Gasteiger partial charge in [-0.15, -0.1) is 24.0 Å². The van der Waals surface area contributed by atoms with E-state index in [2.05, 4.69) is 47.7 Å². The quantitative estimate of drug-likeness (QED) is 0.411. The Balaban J connectivity index is 0.00000361. The van der Waals surface area contributed by atoms with Gasteiger partial charge in [0.1, 0.15) is 0 Å². The van der Waals surface area contributed by atoms with Crippen LogP contribution >= 0.6 is 35.7 Å². The van der Waals surface area contributed by atoms with Crippen LogP contribution in [0.2, 0.25) is 0 Å². The monoisotopic (exact) mass is 415 g/mol. The largest absolute Gasteiger partial charge is 0.396 e. The average Bonchev–Trinajstić information content (AvgIpc) is 2.43. The highest BCUT2D eigenvalue weighted by Crippen LogP contribution is 2.24. The summed E-state index contributed by atoms with van der Waals surface area (Å²) < 4.78 is 0. The van der Waals surface area contributed by atoms with E-state index in [1.807, 2.05) is 6.92 Å². The smallest absolute Gasteiger partial charge is 0.193 e. The Kier molecular flexibility index (Phi) is 11.1. The third-order valence-corrected chi connectivity index (χ3v) is 4.88. The van der Waals surface area contributed by atoms with Crippen molar-refractivity contribution in [3.8, 4) is 0 Å². The van der Waals surface area contributed by atoms with Gasteiger partial charge in [0.25, 0.3) is 0 Å². The number of aliphatic hydroxyl groups is 1. The van der Waals surface area contributed by atoms with Crippen LogP contribution in [0.25, 0.3) is 0 Å². The van der Waals surface area contributed by atoms with E-state index in [4.69, 9.17) is 5.11 Å². The lowest BCUT2D eigenvalue weighted by Gasteiger charge is -2.36. The summed E-state index contributed by atoms with van der Waals surface area (Å²) in [6.45, 7) is 12.6. The maximum atomic E-state index is 9.10. The van der Waals surface area contributed by atoms with Crippen molar-refractivity contribution < 1.29 is 5.11 Å². The summed E-state index contributed by atoms with van der Waals surface area (Å²) in [5.74, 6) is 3.11. The Morgan fingerprint density at radius 1 is 1.45 bits per heavy atom. The first-order valence-corrected chi connectivity index (χ1v) is 8.39. The Morgan fingerprint density at radius 2 is 2.15 bits per heavy atom. The second kappa shape index (κ2) is 11.0. The van der Waals surface area contributed by atoms with E-state index in [-0.39, 0.29) is 36.5 Å². The van der Waals surface area contributed by atoms with E-state index < -0.39 is 0 Å². The molecule has 0 aromatic heterocycles. The molecule has 0 amide bonds. The number of rotatable bonds is 5. The zero-order valence-corrected chi connectivity index (χ0v) is 16.3. The second-order valence-corrected chi connectivity index (χ2v) is 6.93. The third-order valence-electron chi connectivity index (χ3n) is 3.34. The van der Waals surface area contributed by atoms with E-state index in [1.165, 1.54) is 5.75 Å². The van der Waals surface area contributed by atoms with Gasteiger partial charge in [0.15, 0.2) is 5.96 Å². The highest BCUT2D eigenvalue weighted by molar-refractivity contribution is 14.0. The number of hydrogen-bond acceptors (Lipinski definition) is 3. The molecule has 0 aliphatic carbocycles. The van der Waals surface area contributed by atoms with Crippen LogP contribution in [0.1, 0.15) is 27.7 Å². The molecule has 120 valence electrons. The van der Waals surface area contributed by atoms with Crippen molar-refractivity contribution in [3.63, 3.8) is 0 Å². The van der Waals surface area contributed by atoms with Gasteiger partial charge in [-0.05, 0) is 18.8 Å². The molecule has 1 aliphatic rings. The van der Waals surface area contributed by atoms with Crippen molar-refractivity contribution in [2.75, 3.05) is 38.5 Å². The van der Waals surface area contributed by atoms with Gasteiger partial charge in [0.2, 0.25) is 0 Å². The molecule has 2 atom stereocenters. The van der Waals surface area contributed by atoms with Gasteiger partial charge in [-0.2, -0.15) is 11.8 Å². The first kappa shape index (κ1) is 20.3. The van der Waals surface area contributed by atoms with Crippen LogP contribution in [0.4, 0.5) is 0 Å². The Hall–Kier alpha value is 0.310. The first-order valence-electron chi connectivity index (χ1n) is 7.34. The molecule has 2 unspecified atom stereocenters. The highest BCUT2D eigenvalue weighted by Gasteiger charge is 2.24. The van der Waals surface area contributed by atoms with Crippen LogP contribution in [0.5, 0.6) is 0 Å². The van der Waals surface area contributed by atoms with Crippen LogP contribution in [-0.4, -0.2) is 59.8 Å². The van der Waals surface area contributed by atoms with E-state index in [0.29, 0.717) is 17.7 Å². The minimum Gasteiger partial charge on any atom is -0.396 e. The van der Waals surface area contributed by atoms with E-state index >= 15 is 0 Å². The molecule has 0 radical (unpaired) electrons. The van der Waals surface area contributed by atoms with Gasteiger partial charge in [-0.1, -0.05) is 20.8 Å². The average molecular weight is 415 g/mol. The standard InChI is InChI=1S/C14H29N3OS.HI/c1-5-15-14(16-8-12(4)10-18)17-6-7-19-13(9-17)11(2)3;/h11-13,18H,5-10H2,1-4H3,(H,15,16);1H. The molecule has 1 rings (SSSR count). The fraction of sp³-hybridized carbons (Fsp3) is 0.929. The summed E-state index contributed by atoms with van der Waals surface area (Å²) in [6, 6.07) is 0. The number of halogens is 1. The van der Waals surface area contributed by atoms with Crippen molar-refractivity contribution >= 4 is 41.7 Å². The SMILES string of the molecule is CCNC(=NCC(C)CO)N1CCSC(C(C)C)C1.I. The van der Waals surface area contributed by atoms with Crippen LogP contribution in [0.3, 0.4) is 0 Å². The maximum Gasteiger partial charge on any atom is 0.193 e. The summed E-state index contributed by atoms with van der Waals surface area (Å²) >= 11 is 2.07. The minimum atomic E-state index is 0. The van der Waals surface area contributed by atoms with Crippen LogP contribution in [-0.2, 0) is 0 Å². The lowest BCUT2D eigenvalue weighted by atomic mass is 10.1. The molecule has 2 N–H and O–H groups in total. The van der Waals surface area contributed by atoms with E-state index in [9.17, 15) is 0 Å². The van der Waals surface area contributed by atoms with Crippen molar-refractivity contribution in [3.05, 3.63) is 0 Å². The topological polar surface area (TPSA) is 47.9 Å². The number of hydrogen-bond donors (Lipinski definition) is 2. The molecule has 1 fully saturated rings. The van der Waals surface area contributed by atoms with Gasteiger partial charge in [0, 0.05) is 43.8 Å². The first-order chi connectivity index (χ1) is 9.08. The number of aliphatic hydroxyl groups excluding tert-OH is 1. The fourth-order valence-electron chi connectivity index (χ4n) is 2.00. The lowest BCUT2D eigenvalue weighted by Crippen LogP contribution is -2.49. The molecule has 0 bridgehead atoms. The van der Waals surface area contributed by atoms with Gasteiger partial charge in [-0.3, -0.25) is 4.99 Å². The van der Waals surface area contributed by atoms with Crippen molar-refractivity contribution in [1.29, 1.82) is 0 Å². The molecule has 1 aliphatic heterocycles. The fourth-order valence-corrected chi connectivity index (χ4v) is 3.30. The minimum absolute atomic E-state index is 0. The van der Waals surface area contributed by atoms with Gasteiger partial charge < -0.3 is 15.3 Å². The maximum absolute atomic E-state index is 9.10. The number of nitrogens with zero attached hydrogens (tertiary/aromatic N) is 2. The van der Waals surface area contributed by atoms with Gasteiger partial charge in [-0.25, -0.2) is 0 Å². The molecule has 6 heteroatoms. The molecule has 0 saturated carbocycles. The van der Waals surface area contributed by atoms with Gasteiger partial charge in [0.05, 0.1) is 0 Å². The number of aliphatic imine (C=N–C) groups is 1. The molecule has 4 nitrogen and oxygen atoms in total. The molecule has 0 aromatic rings. The Morgan fingerprint density at radius 3 is 2.70 bits per heavy atom. The van der Waals surface area contributed by atoms with E-state index in [0.717, 1.165) is 25.6 Å². The number of guanidine groups is 1. The normalized spacial score (nSPS) is 21.6. The third kappa shape index (κ3) is 6.85. The molecular weight excluding hydrogens is 385 g/mol. The molecule has 0 aromatic carbocycles. The van der Waals surface area contributed by atoms with E-state index in [1.54, 1.807) is 0 Å². The van der Waals surface area contributed by atoms with Crippen LogP contribution in [0.15, 0.2) is 4.99 Å². The molecule has 1 saturated heterocycles. The Labute approximate surface area is 145 Å². The molecule has 20 heavy (non-hydrogen) atoms. The van der Waals surface area contributed by atoms with Crippen molar-refractivity contribution in [1.82, 2.24) is 10.2 Å². The Bertz CT molecular complexity index is 290. The zero-order chi connectivity index (χ0) is 14.3. The van der Waals surface area contributed by atoms with Crippen LogP contribution < -0.4 is 5.32 Å². The molecular formula is C14H30IN3OS. The summed E-state index contributed by atoms with van der Waals surface area (Å²) in [4.78, 5) is 7.03. The summed E-state index contributed by atoms with van der Waals surface area (Å²) in [5, 5.41) is 13.2. The van der Waals surface area contributed by atoms with Crippen molar-refractivity contribution in [2.24, 2.45) is 16.8 Å². The summed E-state index contributed by atoms with van der Waals surface area (Å²) in [6.07, 6.45) is 0. The summed E-state index contributed by atoms with van der Waals surface area (Å²) in [5.41, 5.74) is 0. The molecule has 0 spiro atoms.